The lowest BCUT2D eigenvalue weighted by Gasteiger charge is -2.21. The summed E-state index contributed by atoms with van der Waals surface area (Å²) in [6.07, 6.45) is 9.15. The van der Waals surface area contributed by atoms with E-state index in [1.165, 1.54) is 12.0 Å². The summed E-state index contributed by atoms with van der Waals surface area (Å²) in [6.45, 7) is 2.85. The average Bonchev–Trinajstić information content (AvgIpc) is 3.40. The van der Waals surface area contributed by atoms with Gasteiger partial charge in [0, 0.05) is 52.5 Å². The first-order chi connectivity index (χ1) is 13.2. The van der Waals surface area contributed by atoms with E-state index in [4.69, 9.17) is 0 Å². The second-order valence-electron chi connectivity index (χ2n) is 7.10. The zero-order valence-electron chi connectivity index (χ0n) is 16.3. The average molecular weight is 494 g/mol. The third-order valence-electron chi connectivity index (χ3n) is 5.10. The van der Waals surface area contributed by atoms with Gasteiger partial charge in [0.1, 0.15) is 5.82 Å². The number of rotatable bonds is 5. The second-order valence-corrected chi connectivity index (χ2v) is 7.10. The van der Waals surface area contributed by atoms with Crippen molar-refractivity contribution in [3.05, 3.63) is 48.2 Å². The molecule has 8 nitrogen and oxygen atoms in total. The number of nitrogens with one attached hydrogen (secondary N) is 1. The van der Waals surface area contributed by atoms with E-state index in [2.05, 4.69) is 36.7 Å². The summed E-state index contributed by atoms with van der Waals surface area (Å²) in [7, 11) is 3.82. The van der Waals surface area contributed by atoms with Crippen molar-refractivity contribution in [2.75, 3.05) is 26.7 Å². The predicted molar refractivity (Wildman–Crippen MR) is 120 cm³/mol. The summed E-state index contributed by atoms with van der Waals surface area (Å²) in [5.74, 6) is 2.58. The van der Waals surface area contributed by atoms with Gasteiger partial charge in [-0.15, -0.1) is 34.2 Å². The minimum absolute atomic E-state index is 0. The van der Waals surface area contributed by atoms with Gasteiger partial charge >= 0.3 is 0 Å². The van der Waals surface area contributed by atoms with Gasteiger partial charge in [0.2, 0.25) is 0 Å². The molecule has 3 aromatic heterocycles. The third-order valence-corrected chi connectivity index (χ3v) is 5.10. The molecule has 28 heavy (non-hydrogen) atoms. The van der Waals surface area contributed by atoms with Crippen LogP contribution >= 0.6 is 24.0 Å². The highest BCUT2D eigenvalue weighted by molar-refractivity contribution is 14.0. The fraction of sp³-hybridized carbons (Fsp3) is 0.474. The van der Waals surface area contributed by atoms with Gasteiger partial charge in [0.25, 0.3) is 0 Å². The molecule has 0 amide bonds. The maximum absolute atomic E-state index is 4.47. The quantitative estimate of drug-likeness (QED) is 0.333. The van der Waals surface area contributed by atoms with Gasteiger partial charge in [-0.25, -0.2) is 0 Å². The zero-order chi connectivity index (χ0) is 18.6. The second kappa shape index (κ2) is 9.35. The monoisotopic (exact) mass is 494 g/mol. The Morgan fingerprint density at radius 3 is 3.00 bits per heavy atom. The SMILES string of the molecule is CN=C(NCCc1nnc2ccccn12)N1CCC(Cc2cnn(C)c2)C1.I. The Bertz CT molecular complexity index is 931. The Hall–Kier alpha value is -2.17. The summed E-state index contributed by atoms with van der Waals surface area (Å²) in [4.78, 5) is 6.82. The molecule has 4 rings (SSSR count). The molecule has 0 saturated carbocycles. The van der Waals surface area contributed by atoms with Crippen molar-refractivity contribution in [2.45, 2.75) is 19.3 Å². The number of pyridine rings is 1. The normalized spacial score (nSPS) is 17.1. The van der Waals surface area contributed by atoms with Gasteiger partial charge in [-0.05, 0) is 36.5 Å². The largest absolute Gasteiger partial charge is 0.356 e. The Morgan fingerprint density at radius 2 is 2.21 bits per heavy atom. The predicted octanol–water partition coefficient (Wildman–Crippen LogP) is 1.76. The summed E-state index contributed by atoms with van der Waals surface area (Å²) in [5, 5.41) is 16.2. The molecule has 1 aliphatic rings. The van der Waals surface area contributed by atoms with Crippen LogP contribution in [0.4, 0.5) is 0 Å². The summed E-state index contributed by atoms with van der Waals surface area (Å²) in [6, 6.07) is 5.94. The lowest BCUT2D eigenvalue weighted by atomic mass is 10.0. The van der Waals surface area contributed by atoms with Crippen LogP contribution in [-0.2, 0) is 19.9 Å². The van der Waals surface area contributed by atoms with E-state index in [9.17, 15) is 0 Å². The van der Waals surface area contributed by atoms with Crippen LogP contribution in [0.25, 0.3) is 5.65 Å². The van der Waals surface area contributed by atoms with Crippen molar-refractivity contribution in [3.8, 4) is 0 Å². The smallest absolute Gasteiger partial charge is 0.193 e. The molecular formula is C19H27IN8. The van der Waals surface area contributed by atoms with Crippen LogP contribution in [0.3, 0.4) is 0 Å². The lowest BCUT2D eigenvalue weighted by Crippen LogP contribution is -2.41. The van der Waals surface area contributed by atoms with Gasteiger partial charge in [-0.3, -0.25) is 14.1 Å². The topological polar surface area (TPSA) is 75.6 Å². The number of aromatic nitrogens is 5. The number of aryl methyl sites for hydroxylation is 1. The molecule has 150 valence electrons. The van der Waals surface area contributed by atoms with Gasteiger partial charge in [-0.1, -0.05) is 6.07 Å². The first kappa shape index (κ1) is 20.6. The van der Waals surface area contributed by atoms with Crippen molar-refractivity contribution in [3.63, 3.8) is 0 Å². The van der Waals surface area contributed by atoms with Gasteiger partial charge in [0.05, 0.1) is 6.20 Å². The molecule has 1 atom stereocenters. The van der Waals surface area contributed by atoms with Gasteiger partial charge in [0.15, 0.2) is 11.6 Å². The maximum Gasteiger partial charge on any atom is 0.193 e. The molecule has 3 aromatic rings. The van der Waals surface area contributed by atoms with Crippen molar-refractivity contribution in [1.29, 1.82) is 0 Å². The number of likely N-dealkylation sites (tertiary alicyclic amines) is 1. The van der Waals surface area contributed by atoms with E-state index in [1.54, 1.807) is 0 Å². The Labute approximate surface area is 182 Å². The van der Waals surface area contributed by atoms with E-state index in [0.29, 0.717) is 5.92 Å². The molecule has 0 bridgehead atoms. The number of hydrogen-bond donors (Lipinski definition) is 1. The fourth-order valence-corrected chi connectivity index (χ4v) is 3.78. The number of nitrogens with zero attached hydrogens (tertiary/aromatic N) is 7. The number of hydrogen-bond acceptors (Lipinski definition) is 4. The van der Waals surface area contributed by atoms with E-state index >= 15 is 0 Å². The van der Waals surface area contributed by atoms with Crippen molar-refractivity contribution < 1.29 is 0 Å². The van der Waals surface area contributed by atoms with Crippen LogP contribution in [0.5, 0.6) is 0 Å². The van der Waals surface area contributed by atoms with Crippen LogP contribution in [0.2, 0.25) is 0 Å². The Balaban J connectivity index is 0.00000225. The lowest BCUT2D eigenvalue weighted by molar-refractivity contribution is 0.460. The van der Waals surface area contributed by atoms with Crippen molar-refractivity contribution >= 4 is 35.6 Å². The number of halogens is 1. The van der Waals surface area contributed by atoms with Gasteiger partial charge in [-0.2, -0.15) is 5.10 Å². The molecule has 0 aliphatic carbocycles. The summed E-state index contributed by atoms with van der Waals surface area (Å²) < 4.78 is 3.90. The van der Waals surface area contributed by atoms with Crippen LogP contribution < -0.4 is 5.32 Å². The molecule has 1 fully saturated rings. The molecule has 0 aromatic carbocycles. The van der Waals surface area contributed by atoms with Crippen LogP contribution in [0.1, 0.15) is 17.8 Å². The zero-order valence-corrected chi connectivity index (χ0v) is 18.7. The van der Waals surface area contributed by atoms with Gasteiger partial charge < -0.3 is 10.2 Å². The molecule has 1 saturated heterocycles. The molecule has 4 heterocycles. The minimum atomic E-state index is 0. The maximum atomic E-state index is 4.47. The molecule has 1 aliphatic heterocycles. The fourth-order valence-electron chi connectivity index (χ4n) is 3.78. The Morgan fingerprint density at radius 1 is 1.32 bits per heavy atom. The van der Waals surface area contributed by atoms with Crippen molar-refractivity contribution in [2.24, 2.45) is 18.0 Å². The van der Waals surface area contributed by atoms with Crippen LogP contribution in [-0.4, -0.2) is 61.9 Å². The molecule has 1 N–H and O–H groups in total. The number of fused-ring (bicyclic) bond motifs is 1. The van der Waals surface area contributed by atoms with E-state index < -0.39 is 0 Å². The van der Waals surface area contributed by atoms with Crippen LogP contribution in [0, 0.1) is 5.92 Å². The summed E-state index contributed by atoms with van der Waals surface area (Å²) in [5.41, 5.74) is 2.20. The van der Waals surface area contributed by atoms with E-state index in [-0.39, 0.29) is 24.0 Å². The standard InChI is InChI=1S/C19H26N8.HI/c1-20-19(21-8-6-18-24-23-17-5-3-4-9-27(17)18)26-10-7-15(14-26)11-16-12-22-25(2)13-16;/h3-5,9,12-13,15H,6-8,10-11,14H2,1-2H3,(H,20,21);1H. The first-order valence-electron chi connectivity index (χ1n) is 9.44. The first-order valence-corrected chi connectivity index (χ1v) is 9.44. The molecule has 0 spiro atoms. The third kappa shape index (κ3) is 4.62. The molecule has 9 heteroatoms. The van der Waals surface area contributed by atoms with E-state index in [1.807, 2.05) is 53.8 Å². The molecule has 0 radical (unpaired) electrons. The molecule has 1 unspecified atom stereocenters. The van der Waals surface area contributed by atoms with E-state index in [0.717, 1.165) is 49.9 Å². The highest BCUT2D eigenvalue weighted by Gasteiger charge is 2.25. The molecular weight excluding hydrogens is 467 g/mol. The minimum Gasteiger partial charge on any atom is -0.356 e. The summed E-state index contributed by atoms with van der Waals surface area (Å²) >= 11 is 0. The van der Waals surface area contributed by atoms with Crippen molar-refractivity contribution in [1.82, 2.24) is 34.6 Å². The van der Waals surface area contributed by atoms with Crippen LogP contribution in [0.15, 0.2) is 41.8 Å². The highest BCUT2D eigenvalue weighted by atomic mass is 127. The number of guanidine groups is 1. The highest BCUT2D eigenvalue weighted by Crippen LogP contribution is 2.20. The Kier molecular flexibility index (Phi) is 6.87. The number of aliphatic imine (C=N–C) groups is 1.